The number of carbonyl (C=O) groups is 2. The third kappa shape index (κ3) is 3.13. The molecule has 0 radical (unpaired) electrons. The topological polar surface area (TPSA) is 133 Å². The van der Waals surface area contributed by atoms with Gasteiger partial charge in [-0.2, -0.15) is 0 Å². The zero-order valence-electron chi connectivity index (χ0n) is 13.7. The molecule has 3 rings (SSSR count). The van der Waals surface area contributed by atoms with Crippen molar-refractivity contribution < 1.29 is 24.2 Å². The Labute approximate surface area is 147 Å². The first-order valence-electron chi connectivity index (χ1n) is 8.04. The van der Waals surface area contributed by atoms with E-state index in [0.29, 0.717) is 24.0 Å². The van der Waals surface area contributed by atoms with Gasteiger partial charge in [0, 0.05) is 17.2 Å². The largest absolute Gasteiger partial charge is 0.485 e. The van der Waals surface area contributed by atoms with E-state index in [0.717, 1.165) is 35.9 Å². The molecule has 10 nitrogen and oxygen atoms in total. The molecule has 1 aromatic carbocycles. The summed E-state index contributed by atoms with van der Waals surface area (Å²) in [4.78, 5) is 46.0. The lowest BCUT2D eigenvalue weighted by Crippen LogP contribution is -2.35. The number of imide groups is 1. The van der Waals surface area contributed by atoms with Crippen molar-refractivity contribution in [3.8, 4) is 5.75 Å². The van der Waals surface area contributed by atoms with Gasteiger partial charge in [-0.15, -0.1) is 0 Å². The Morgan fingerprint density at radius 2 is 1.62 bits per heavy atom. The Balaban J connectivity index is 1.67. The number of ether oxygens (including phenoxy) is 1. The van der Waals surface area contributed by atoms with Gasteiger partial charge in [0.1, 0.15) is 6.61 Å². The molecule has 2 amide bonds. The van der Waals surface area contributed by atoms with E-state index < -0.39 is 21.2 Å². The van der Waals surface area contributed by atoms with Crippen molar-refractivity contribution in [2.75, 3.05) is 13.2 Å². The highest BCUT2D eigenvalue weighted by Gasteiger charge is 2.38. The van der Waals surface area contributed by atoms with Crippen molar-refractivity contribution in [3.05, 3.63) is 49.6 Å². The fraction of sp³-hybridized carbons (Fsp3) is 0.375. The zero-order chi connectivity index (χ0) is 18.8. The fourth-order valence-corrected chi connectivity index (χ4v) is 3.13. The number of nitrogens with zero attached hydrogens (tertiary/aromatic N) is 3. The highest BCUT2D eigenvalue weighted by Crippen LogP contribution is 2.33. The minimum Gasteiger partial charge on any atom is -0.485 e. The molecule has 1 aromatic rings. The summed E-state index contributed by atoms with van der Waals surface area (Å²) in [6.07, 6.45) is 2.92. The summed E-state index contributed by atoms with van der Waals surface area (Å²) < 4.78 is 5.32. The van der Waals surface area contributed by atoms with Crippen LogP contribution in [0, 0.1) is 20.2 Å². The van der Waals surface area contributed by atoms with Crippen LogP contribution in [0.5, 0.6) is 5.75 Å². The molecule has 1 heterocycles. The van der Waals surface area contributed by atoms with E-state index in [1.807, 2.05) is 0 Å². The van der Waals surface area contributed by atoms with Crippen LogP contribution in [-0.4, -0.2) is 39.7 Å². The second-order valence-corrected chi connectivity index (χ2v) is 5.94. The molecule has 0 bridgehead atoms. The van der Waals surface area contributed by atoms with Gasteiger partial charge in [0.15, 0.2) is 5.75 Å². The number of rotatable bonds is 6. The maximum Gasteiger partial charge on any atom is 0.317 e. The number of nitro benzene ring substituents is 2. The molecule has 0 unspecified atom stereocenters. The van der Waals surface area contributed by atoms with Gasteiger partial charge in [-0.3, -0.25) is 34.7 Å². The number of nitro groups is 2. The summed E-state index contributed by atoms with van der Waals surface area (Å²) in [5.74, 6) is -0.810. The van der Waals surface area contributed by atoms with Crippen molar-refractivity contribution in [1.29, 1.82) is 0 Å². The SMILES string of the molecule is O=C1C2=C(CCCC2)C(=O)N1CCOc1ccc([N+](=O)[O-])cc1[N+](=O)[O-]. The van der Waals surface area contributed by atoms with Gasteiger partial charge in [0.25, 0.3) is 17.5 Å². The van der Waals surface area contributed by atoms with Gasteiger partial charge in [0.05, 0.1) is 22.5 Å². The summed E-state index contributed by atoms with van der Waals surface area (Å²) in [5.41, 5.74) is 0.145. The van der Waals surface area contributed by atoms with Crippen molar-refractivity contribution in [3.63, 3.8) is 0 Å². The minimum absolute atomic E-state index is 0.0428. The van der Waals surface area contributed by atoms with Crippen molar-refractivity contribution >= 4 is 23.2 Å². The quantitative estimate of drug-likeness (QED) is 0.430. The van der Waals surface area contributed by atoms with Crippen LogP contribution in [0.4, 0.5) is 11.4 Å². The minimum atomic E-state index is -0.783. The number of hydrogen-bond donors (Lipinski definition) is 0. The summed E-state index contributed by atoms with van der Waals surface area (Å²) in [6.45, 7) is -0.185. The van der Waals surface area contributed by atoms with Gasteiger partial charge in [-0.25, -0.2) is 0 Å². The Hall–Kier alpha value is -3.30. The van der Waals surface area contributed by atoms with Crippen molar-refractivity contribution in [1.82, 2.24) is 4.90 Å². The first-order chi connectivity index (χ1) is 12.4. The van der Waals surface area contributed by atoms with Crippen LogP contribution < -0.4 is 4.74 Å². The molecule has 1 aliphatic heterocycles. The fourth-order valence-electron chi connectivity index (χ4n) is 3.13. The van der Waals surface area contributed by atoms with Crippen LogP contribution in [0.25, 0.3) is 0 Å². The van der Waals surface area contributed by atoms with Crippen LogP contribution in [0.3, 0.4) is 0 Å². The second-order valence-electron chi connectivity index (χ2n) is 5.94. The van der Waals surface area contributed by atoms with Crippen LogP contribution in [0.15, 0.2) is 29.3 Å². The first kappa shape index (κ1) is 17.5. The number of hydrogen-bond acceptors (Lipinski definition) is 7. The molecule has 26 heavy (non-hydrogen) atoms. The smallest absolute Gasteiger partial charge is 0.317 e. The lowest BCUT2D eigenvalue weighted by atomic mass is 9.93. The molecule has 0 spiro atoms. The zero-order valence-corrected chi connectivity index (χ0v) is 13.7. The lowest BCUT2D eigenvalue weighted by molar-refractivity contribution is -0.394. The normalized spacial score (nSPS) is 16.7. The van der Waals surface area contributed by atoms with Gasteiger partial charge in [-0.05, 0) is 31.7 Å². The average Bonchev–Trinajstić information content (AvgIpc) is 2.86. The highest BCUT2D eigenvalue weighted by molar-refractivity contribution is 6.19. The Morgan fingerprint density at radius 3 is 2.15 bits per heavy atom. The third-order valence-electron chi connectivity index (χ3n) is 4.40. The Morgan fingerprint density at radius 1 is 1.00 bits per heavy atom. The van der Waals surface area contributed by atoms with Crippen LogP contribution in [0.1, 0.15) is 25.7 Å². The molecule has 10 heteroatoms. The van der Waals surface area contributed by atoms with Crippen molar-refractivity contribution in [2.45, 2.75) is 25.7 Å². The number of benzene rings is 1. The molecular formula is C16H15N3O7. The van der Waals surface area contributed by atoms with E-state index >= 15 is 0 Å². The van der Waals surface area contributed by atoms with Gasteiger partial charge in [-0.1, -0.05) is 0 Å². The molecular weight excluding hydrogens is 346 g/mol. The standard InChI is InChI=1S/C16H15N3O7/c20-15-11-3-1-2-4-12(11)16(21)17(15)7-8-26-14-6-5-10(18(22)23)9-13(14)19(24)25/h5-6,9H,1-4,7-8H2. The monoisotopic (exact) mass is 361 g/mol. The molecule has 0 fully saturated rings. The van der Waals surface area contributed by atoms with Gasteiger partial charge >= 0.3 is 5.69 Å². The van der Waals surface area contributed by atoms with Crippen LogP contribution in [0.2, 0.25) is 0 Å². The van der Waals surface area contributed by atoms with E-state index in [-0.39, 0.29) is 30.7 Å². The molecule has 2 aliphatic rings. The lowest BCUT2D eigenvalue weighted by Gasteiger charge is -2.15. The second kappa shape index (κ2) is 6.90. The highest BCUT2D eigenvalue weighted by atomic mass is 16.6. The summed E-state index contributed by atoms with van der Waals surface area (Å²) in [6, 6.07) is 3.03. The van der Waals surface area contributed by atoms with Crippen molar-refractivity contribution in [2.24, 2.45) is 0 Å². The van der Waals surface area contributed by atoms with Crippen LogP contribution in [-0.2, 0) is 9.59 Å². The average molecular weight is 361 g/mol. The molecule has 0 aromatic heterocycles. The molecule has 136 valence electrons. The maximum atomic E-state index is 12.3. The first-order valence-corrected chi connectivity index (χ1v) is 8.04. The maximum absolute atomic E-state index is 12.3. The number of amides is 2. The van der Waals surface area contributed by atoms with E-state index in [9.17, 15) is 29.8 Å². The number of non-ortho nitro benzene ring substituents is 1. The molecule has 0 saturated carbocycles. The molecule has 0 saturated heterocycles. The van der Waals surface area contributed by atoms with E-state index in [1.54, 1.807) is 0 Å². The van der Waals surface area contributed by atoms with E-state index in [4.69, 9.17) is 4.74 Å². The molecule has 1 aliphatic carbocycles. The summed E-state index contributed by atoms with van der Waals surface area (Å²) >= 11 is 0. The Bertz CT molecular complexity index is 818. The summed E-state index contributed by atoms with van der Waals surface area (Å²) in [7, 11) is 0. The molecule has 0 N–H and O–H groups in total. The number of carbonyl (C=O) groups excluding carboxylic acids is 2. The predicted octanol–water partition coefficient (Wildman–Crippen LogP) is 2.12. The van der Waals surface area contributed by atoms with Gasteiger partial charge in [0.2, 0.25) is 0 Å². The van der Waals surface area contributed by atoms with E-state index in [1.165, 1.54) is 0 Å². The predicted molar refractivity (Wildman–Crippen MR) is 87.5 cm³/mol. The third-order valence-corrected chi connectivity index (χ3v) is 4.40. The van der Waals surface area contributed by atoms with Crippen LogP contribution >= 0.6 is 0 Å². The summed E-state index contributed by atoms with van der Waals surface area (Å²) in [5, 5.41) is 21.8. The van der Waals surface area contributed by atoms with E-state index in [2.05, 4.69) is 0 Å². The Kier molecular flexibility index (Phi) is 4.65. The van der Waals surface area contributed by atoms with Gasteiger partial charge < -0.3 is 4.74 Å². The molecule has 0 atom stereocenters.